The van der Waals surface area contributed by atoms with Gasteiger partial charge in [-0.1, -0.05) is 88.2 Å². The van der Waals surface area contributed by atoms with E-state index < -0.39 is 99.4 Å². The summed E-state index contributed by atoms with van der Waals surface area (Å²) in [6.07, 6.45) is -8.25. The van der Waals surface area contributed by atoms with Crippen LogP contribution in [0.25, 0.3) is 0 Å². The van der Waals surface area contributed by atoms with Crippen molar-refractivity contribution in [1.82, 2.24) is 4.31 Å². The maximum absolute atomic E-state index is 15.6. The van der Waals surface area contributed by atoms with E-state index in [2.05, 4.69) is 4.18 Å². The Morgan fingerprint density at radius 2 is 1.38 bits per heavy atom. The first-order valence-electron chi connectivity index (χ1n) is 18.3. The second kappa shape index (κ2) is 19.0. The molecule has 2 aliphatic rings. The summed E-state index contributed by atoms with van der Waals surface area (Å²) in [6, 6.07) is 13.7. The number of ether oxygens (including phenoxy) is 6. The Labute approximate surface area is 332 Å². The third kappa shape index (κ3) is 9.35. The Hall–Kier alpha value is -2.54. The summed E-state index contributed by atoms with van der Waals surface area (Å²) in [5.74, 6) is -14.9. The van der Waals surface area contributed by atoms with Gasteiger partial charge in [0.2, 0.25) is 0 Å². The number of sulfonamides is 1. The van der Waals surface area contributed by atoms with Gasteiger partial charge in [0.25, 0.3) is 10.0 Å². The predicted molar refractivity (Wildman–Crippen MR) is 190 cm³/mol. The van der Waals surface area contributed by atoms with Gasteiger partial charge in [0, 0.05) is 32.4 Å². The molecule has 0 aliphatic carbocycles. The average Bonchev–Trinajstić information content (AvgIpc) is 3.19. The second-order valence-electron chi connectivity index (χ2n) is 13.5. The van der Waals surface area contributed by atoms with Gasteiger partial charge in [0.15, 0.2) is 18.7 Å². The third-order valence-electron chi connectivity index (χ3n) is 9.89. The Kier molecular flexibility index (Phi) is 15.8. The Balaban J connectivity index is 1.63. The van der Waals surface area contributed by atoms with Gasteiger partial charge in [0.05, 0.1) is 6.61 Å². The zero-order valence-electron chi connectivity index (χ0n) is 32.2. The number of benzene rings is 2. The second-order valence-corrected chi connectivity index (χ2v) is 17.1. The van der Waals surface area contributed by atoms with E-state index in [-0.39, 0.29) is 23.1 Å². The van der Waals surface area contributed by atoms with Crippen LogP contribution < -0.4 is 0 Å². The van der Waals surface area contributed by atoms with Crippen LogP contribution in [0.5, 0.6) is 0 Å². The fourth-order valence-electron chi connectivity index (χ4n) is 6.33. The lowest BCUT2D eigenvalue weighted by Crippen LogP contribution is -2.69. The third-order valence-corrected chi connectivity index (χ3v) is 13.2. The van der Waals surface area contributed by atoms with Crippen LogP contribution in [0.2, 0.25) is 0 Å². The normalized spacial score (nSPS) is 24.0. The van der Waals surface area contributed by atoms with Crippen LogP contribution in [0.4, 0.5) is 35.1 Å². The number of rotatable bonds is 21. The predicted octanol–water partition coefficient (Wildman–Crippen LogP) is 6.85. The first-order valence-corrected chi connectivity index (χ1v) is 21.1. The van der Waals surface area contributed by atoms with E-state index in [4.69, 9.17) is 28.4 Å². The van der Waals surface area contributed by atoms with E-state index in [0.717, 1.165) is 32.4 Å². The fourth-order valence-corrected chi connectivity index (χ4v) is 8.82. The molecule has 2 heterocycles. The van der Waals surface area contributed by atoms with E-state index in [1.54, 1.807) is 30.3 Å². The van der Waals surface area contributed by atoms with E-state index in [1.807, 2.05) is 13.8 Å². The molecular weight excluding hydrogens is 839 g/mol. The highest BCUT2D eigenvalue weighted by atomic mass is 32.2. The molecule has 0 saturated carbocycles. The van der Waals surface area contributed by atoms with Gasteiger partial charge >= 0.3 is 32.5 Å². The molecule has 22 heteroatoms. The monoisotopic (exact) mass is 885 g/mol. The van der Waals surface area contributed by atoms with Crippen LogP contribution in [0.3, 0.4) is 0 Å². The Morgan fingerprint density at radius 3 is 1.93 bits per heavy atom. The molecule has 2 aromatic carbocycles. The molecule has 0 spiro atoms. The van der Waals surface area contributed by atoms with Crippen molar-refractivity contribution in [3.63, 3.8) is 0 Å². The number of hydrogen-bond acceptors (Lipinski definition) is 11. The molecular formula is C36H47F8NO11S2. The lowest BCUT2D eigenvalue weighted by Gasteiger charge is -2.48. The van der Waals surface area contributed by atoms with Crippen molar-refractivity contribution in [1.29, 1.82) is 0 Å². The van der Waals surface area contributed by atoms with Crippen LogP contribution in [-0.4, -0.2) is 108 Å². The van der Waals surface area contributed by atoms with Gasteiger partial charge in [-0.3, -0.25) is 4.18 Å². The number of alkyl halides is 8. The Morgan fingerprint density at radius 1 is 0.793 bits per heavy atom. The zero-order chi connectivity index (χ0) is 43.3. The molecule has 2 aliphatic heterocycles. The van der Waals surface area contributed by atoms with Gasteiger partial charge in [-0.15, -0.1) is 0 Å². The van der Waals surface area contributed by atoms with E-state index in [9.17, 15) is 16.8 Å². The fraction of sp³-hybridized carbons (Fsp3) is 0.667. The van der Waals surface area contributed by atoms with Gasteiger partial charge in [0.1, 0.15) is 25.1 Å². The van der Waals surface area contributed by atoms with Crippen molar-refractivity contribution in [2.24, 2.45) is 5.92 Å². The molecule has 0 radical (unpaired) electrons. The molecule has 1 unspecified atom stereocenters. The molecule has 58 heavy (non-hydrogen) atoms. The number of fused-ring (bicyclic) bond motifs is 1. The molecule has 0 amide bonds. The highest BCUT2D eigenvalue weighted by Gasteiger charge is 2.88. The number of halogens is 8. The van der Waals surface area contributed by atoms with Crippen LogP contribution in [0.1, 0.15) is 63.5 Å². The molecule has 0 bridgehead atoms. The Bertz CT molecular complexity index is 1840. The molecule has 2 aromatic rings. The summed E-state index contributed by atoms with van der Waals surface area (Å²) >= 11 is 0. The van der Waals surface area contributed by atoms with Crippen molar-refractivity contribution in [2.45, 2.75) is 113 Å². The topological polar surface area (TPSA) is 136 Å². The van der Waals surface area contributed by atoms with Crippen LogP contribution in [0, 0.1) is 5.92 Å². The molecule has 4 rings (SSSR count). The highest BCUT2D eigenvalue weighted by molar-refractivity contribution is 7.90. The largest absolute Gasteiger partial charge is 0.438 e. The van der Waals surface area contributed by atoms with Crippen molar-refractivity contribution in [3.05, 3.63) is 71.3 Å². The van der Waals surface area contributed by atoms with Crippen LogP contribution in [-0.2, 0) is 65.7 Å². The minimum Gasteiger partial charge on any atom is -0.356 e. The maximum atomic E-state index is 15.6. The van der Waals surface area contributed by atoms with Gasteiger partial charge in [-0.05, 0) is 30.4 Å². The van der Waals surface area contributed by atoms with Crippen molar-refractivity contribution in [2.75, 3.05) is 33.7 Å². The van der Waals surface area contributed by atoms with Gasteiger partial charge < -0.3 is 28.4 Å². The molecule has 2 saturated heterocycles. The highest BCUT2D eigenvalue weighted by Crippen LogP contribution is 2.57. The number of nitrogens with zero attached hydrogens (tertiary/aromatic N) is 1. The number of hydrogen-bond donors (Lipinski definition) is 0. The quantitative estimate of drug-likeness (QED) is 0.0564. The zero-order valence-corrected chi connectivity index (χ0v) is 33.8. The number of methoxy groups -OCH3 is 1. The van der Waals surface area contributed by atoms with Crippen molar-refractivity contribution in [3.8, 4) is 0 Å². The minimum atomic E-state index is -7.65. The molecule has 12 nitrogen and oxygen atoms in total. The van der Waals surface area contributed by atoms with Crippen molar-refractivity contribution < 1.29 is 84.6 Å². The van der Waals surface area contributed by atoms with Crippen LogP contribution in [0.15, 0.2) is 54.6 Å². The minimum absolute atomic E-state index is 0.0117. The van der Waals surface area contributed by atoms with Crippen molar-refractivity contribution >= 4 is 20.1 Å². The summed E-state index contributed by atoms with van der Waals surface area (Å²) in [5, 5.41) is -14.3. The summed E-state index contributed by atoms with van der Waals surface area (Å²) in [4.78, 5) is 0. The smallest absolute Gasteiger partial charge is 0.356 e. The summed E-state index contributed by atoms with van der Waals surface area (Å²) in [6.45, 7) is 3.26. The molecule has 0 N–H and O–H groups in total. The van der Waals surface area contributed by atoms with E-state index in [0.29, 0.717) is 17.9 Å². The van der Waals surface area contributed by atoms with Crippen LogP contribution >= 0.6 is 0 Å². The van der Waals surface area contributed by atoms with Gasteiger partial charge in [-0.2, -0.15) is 47.8 Å². The first-order chi connectivity index (χ1) is 27.1. The first kappa shape index (κ1) is 48.1. The SMILES string of the molecule is CCOCO[C@@H]1[C@H](OS(=O)(=O)C(F)(F)C(F)(F)C(F)(F)C(F)(F)S(=O)(=O)N(CC)Cc2ccc(CC(CC)CC)cc2)[C@H](OC)O[C@@H]2COC(c3ccccc3)O[C@@H]12. The molecule has 2 fully saturated rings. The molecule has 6 atom stereocenters. The molecule has 330 valence electrons. The van der Waals surface area contributed by atoms with E-state index >= 15 is 35.1 Å². The summed E-state index contributed by atoms with van der Waals surface area (Å²) in [7, 11) is -13.6. The lowest BCUT2D eigenvalue weighted by atomic mass is 9.94. The summed E-state index contributed by atoms with van der Waals surface area (Å²) in [5.41, 5.74) is 1.16. The lowest BCUT2D eigenvalue weighted by molar-refractivity contribution is -0.365. The average molecular weight is 886 g/mol. The van der Waals surface area contributed by atoms with Gasteiger partial charge in [-0.25, -0.2) is 8.42 Å². The maximum Gasteiger partial charge on any atom is 0.438 e. The molecule has 0 aromatic heterocycles. The standard InChI is InChI=1S/C36H47F8NO11S2/c1-6-23(7-2)19-24-15-17-25(18-16-24)20-45(8-3)57(46,47)35(41,42)33(37,38)34(39,40)36(43,44)58(48,49)56-30-29(53-22-51-9-4)28-27(54-32(30)50-5)21-52-31(55-28)26-13-11-10-12-14-26/h10-18,23,27-32H,6-9,19-22H2,1-5H3/t27-,28-,29+,30+,31?,32-/m1/s1. The van der Waals surface area contributed by atoms with E-state index in [1.165, 1.54) is 31.2 Å². The summed E-state index contributed by atoms with van der Waals surface area (Å²) < 4.78 is 213.